The molecule has 0 unspecified atom stereocenters. The van der Waals surface area contributed by atoms with Crippen molar-refractivity contribution in [2.45, 2.75) is 50.0 Å². The molecule has 21 heavy (non-hydrogen) atoms. The van der Waals surface area contributed by atoms with Crippen molar-refractivity contribution < 1.29 is 8.42 Å². The lowest BCUT2D eigenvalue weighted by Crippen LogP contribution is -2.39. The Balaban J connectivity index is 2.15. The molecule has 1 aliphatic rings. The van der Waals surface area contributed by atoms with Gasteiger partial charge in [0.2, 0.25) is 10.0 Å². The Labute approximate surface area is 126 Å². The van der Waals surface area contributed by atoms with E-state index in [1.165, 1.54) is 29.1 Å². The Bertz CT molecular complexity index is 568. The van der Waals surface area contributed by atoms with Crippen molar-refractivity contribution >= 4 is 15.8 Å². The average molecular weight is 312 g/mol. The van der Waals surface area contributed by atoms with E-state index in [0.717, 1.165) is 31.6 Å². The van der Waals surface area contributed by atoms with Crippen LogP contribution in [0.25, 0.3) is 0 Å². The highest BCUT2D eigenvalue weighted by atomic mass is 32.2. The number of hydrogen-bond donors (Lipinski definition) is 2. The lowest BCUT2D eigenvalue weighted by Gasteiger charge is -2.33. The van der Waals surface area contributed by atoms with Gasteiger partial charge in [-0.15, -0.1) is 0 Å². The second-order valence-corrected chi connectivity index (χ2v) is 7.62. The van der Waals surface area contributed by atoms with E-state index in [1.54, 1.807) is 7.05 Å². The highest BCUT2D eigenvalue weighted by Crippen LogP contribution is 2.31. The molecule has 0 radical (unpaired) electrons. The zero-order chi connectivity index (χ0) is 15.5. The van der Waals surface area contributed by atoms with Gasteiger partial charge in [0.25, 0.3) is 0 Å². The number of pyridine rings is 1. The number of nitrogens with one attached hydrogen (secondary N) is 1. The number of anilines is 1. The van der Waals surface area contributed by atoms with Crippen molar-refractivity contribution in [1.29, 1.82) is 0 Å². The van der Waals surface area contributed by atoms with Crippen molar-refractivity contribution in [2.24, 2.45) is 11.8 Å². The lowest BCUT2D eigenvalue weighted by molar-refractivity contribution is 0.233. The predicted octanol–water partition coefficient (Wildman–Crippen LogP) is 1.96. The number of nitrogens with two attached hydrogens (primary N) is 1. The van der Waals surface area contributed by atoms with Gasteiger partial charge < -0.3 is 5.43 Å². The van der Waals surface area contributed by atoms with Gasteiger partial charge >= 0.3 is 0 Å². The number of rotatable bonds is 5. The predicted molar refractivity (Wildman–Crippen MR) is 83.0 cm³/mol. The van der Waals surface area contributed by atoms with Crippen LogP contribution >= 0.6 is 0 Å². The quantitative estimate of drug-likeness (QED) is 0.641. The molecule has 0 aliphatic heterocycles. The van der Waals surface area contributed by atoms with Gasteiger partial charge in [-0.05, 0) is 37.7 Å². The molecule has 1 aliphatic carbocycles. The molecule has 0 spiro atoms. The Morgan fingerprint density at radius 3 is 2.62 bits per heavy atom. The van der Waals surface area contributed by atoms with Crippen LogP contribution < -0.4 is 11.3 Å². The SMILES string of the molecule is CCC1CCC(N(C)S(=O)(=O)c2ccnc(NN)c2)CC1. The Kier molecular flexibility index (Phi) is 5.18. The lowest BCUT2D eigenvalue weighted by atomic mass is 9.85. The molecule has 0 aromatic carbocycles. The van der Waals surface area contributed by atoms with Crippen molar-refractivity contribution in [3.8, 4) is 0 Å². The number of hydrogen-bond acceptors (Lipinski definition) is 5. The molecule has 2 rings (SSSR count). The third kappa shape index (κ3) is 3.53. The summed E-state index contributed by atoms with van der Waals surface area (Å²) in [5.74, 6) is 6.38. The Morgan fingerprint density at radius 1 is 1.38 bits per heavy atom. The van der Waals surface area contributed by atoms with Crippen LogP contribution in [0.2, 0.25) is 0 Å². The molecule has 1 aromatic rings. The topological polar surface area (TPSA) is 88.3 Å². The maximum absolute atomic E-state index is 12.7. The molecular formula is C14H24N4O2S. The van der Waals surface area contributed by atoms with Gasteiger partial charge in [0.05, 0.1) is 4.90 Å². The minimum absolute atomic E-state index is 0.0836. The largest absolute Gasteiger partial charge is 0.308 e. The summed E-state index contributed by atoms with van der Waals surface area (Å²) in [6.45, 7) is 2.20. The maximum Gasteiger partial charge on any atom is 0.243 e. The number of nitrogens with zero attached hydrogens (tertiary/aromatic N) is 2. The van der Waals surface area contributed by atoms with E-state index in [9.17, 15) is 8.42 Å². The summed E-state index contributed by atoms with van der Waals surface area (Å²) in [5.41, 5.74) is 2.38. The van der Waals surface area contributed by atoms with Crippen molar-refractivity contribution in [1.82, 2.24) is 9.29 Å². The van der Waals surface area contributed by atoms with Gasteiger partial charge in [-0.25, -0.2) is 19.2 Å². The summed E-state index contributed by atoms with van der Waals surface area (Å²) < 4.78 is 26.9. The van der Waals surface area contributed by atoms with E-state index < -0.39 is 10.0 Å². The van der Waals surface area contributed by atoms with Crippen molar-refractivity contribution in [2.75, 3.05) is 12.5 Å². The Hall–Kier alpha value is -1.18. The number of nitrogen functional groups attached to an aromatic ring is 1. The Morgan fingerprint density at radius 2 is 2.05 bits per heavy atom. The number of hydrazine groups is 1. The minimum Gasteiger partial charge on any atom is -0.308 e. The van der Waals surface area contributed by atoms with Crippen LogP contribution in [-0.4, -0.2) is 30.8 Å². The number of aromatic nitrogens is 1. The van der Waals surface area contributed by atoms with Crippen LogP contribution in [0.5, 0.6) is 0 Å². The molecule has 0 bridgehead atoms. The molecule has 0 amide bonds. The molecule has 1 fully saturated rings. The van der Waals surface area contributed by atoms with E-state index in [4.69, 9.17) is 5.84 Å². The van der Waals surface area contributed by atoms with E-state index in [-0.39, 0.29) is 10.9 Å². The van der Waals surface area contributed by atoms with Crippen LogP contribution in [0.3, 0.4) is 0 Å². The summed E-state index contributed by atoms with van der Waals surface area (Å²) in [4.78, 5) is 4.17. The number of sulfonamides is 1. The van der Waals surface area contributed by atoms with Gasteiger partial charge in [-0.2, -0.15) is 4.31 Å². The first-order valence-corrected chi connectivity index (χ1v) is 8.83. The highest BCUT2D eigenvalue weighted by Gasteiger charge is 2.31. The third-order valence-electron chi connectivity index (χ3n) is 4.46. The zero-order valence-corrected chi connectivity index (χ0v) is 13.4. The normalized spacial score (nSPS) is 23.2. The van der Waals surface area contributed by atoms with Crippen LogP contribution in [0, 0.1) is 5.92 Å². The molecule has 3 N–H and O–H groups in total. The van der Waals surface area contributed by atoms with Crippen LogP contribution in [0.1, 0.15) is 39.0 Å². The van der Waals surface area contributed by atoms with Crippen molar-refractivity contribution in [3.05, 3.63) is 18.3 Å². The first kappa shape index (κ1) is 16.2. The molecule has 0 saturated heterocycles. The molecule has 118 valence electrons. The van der Waals surface area contributed by atoms with Crippen LogP contribution in [0.4, 0.5) is 5.82 Å². The average Bonchev–Trinajstić information content (AvgIpc) is 2.54. The first-order chi connectivity index (χ1) is 9.98. The van der Waals surface area contributed by atoms with Crippen molar-refractivity contribution in [3.63, 3.8) is 0 Å². The monoisotopic (exact) mass is 312 g/mol. The van der Waals surface area contributed by atoms with Gasteiger partial charge in [0, 0.05) is 25.4 Å². The summed E-state index contributed by atoms with van der Waals surface area (Å²) in [6.07, 6.45) is 6.70. The van der Waals surface area contributed by atoms with E-state index in [0.29, 0.717) is 5.82 Å². The second kappa shape index (κ2) is 6.72. The highest BCUT2D eigenvalue weighted by molar-refractivity contribution is 7.89. The fourth-order valence-corrected chi connectivity index (χ4v) is 4.36. The zero-order valence-electron chi connectivity index (χ0n) is 12.6. The summed E-state index contributed by atoms with van der Waals surface area (Å²) in [6, 6.07) is 3.05. The van der Waals surface area contributed by atoms with E-state index in [2.05, 4.69) is 17.3 Å². The maximum atomic E-state index is 12.7. The standard InChI is InChI=1S/C14H24N4O2S/c1-3-11-4-6-12(7-5-11)18(2)21(19,20)13-8-9-16-14(10-13)17-15/h8-12H,3-7,15H2,1-2H3,(H,16,17). The minimum atomic E-state index is -3.50. The molecule has 0 atom stereocenters. The fraction of sp³-hybridized carbons (Fsp3) is 0.643. The van der Waals surface area contributed by atoms with E-state index in [1.807, 2.05) is 0 Å². The van der Waals surface area contributed by atoms with Gasteiger partial charge in [-0.1, -0.05) is 13.3 Å². The third-order valence-corrected chi connectivity index (χ3v) is 6.37. The van der Waals surface area contributed by atoms with E-state index >= 15 is 0 Å². The van der Waals surface area contributed by atoms with Gasteiger partial charge in [0.15, 0.2) is 0 Å². The first-order valence-electron chi connectivity index (χ1n) is 7.39. The smallest absolute Gasteiger partial charge is 0.243 e. The summed E-state index contributed by atoms with van der Waals surface area (Å²) >= 11 is 0. The molecular weight excluding hydrogens is 288 g/mol. The molecule has 6 nitrogen and oxygen atoms in total. The summed E-state index contributed by atoms with van der Waals surface area (Å²) in [5, 5.41) is 0. The van der Waals surface area contributed by atoms with Crippen LogP contribution in [-0.2, 0) is 10.0 Å². The van der Waals surface area contributed by atoms with Gasteiger partial charge in [0.1, 0.15) is 5.82 Å². The van der Waals surface area contributed by atoms with Crippen LogP contribution in [0.15, 0.2) is 23.2 Å². The fourth-order valence-electron chi connectivity index (χ4n) is 2.93. The summed E-state index contributed by atoms with van der Waals surface area (Å²) in [7, 11) is -1.83. The molecule has 1 aromatic heterocycles. The second-order valence-electron chi connectivity index (χ2n) is 5.63. The molecule has 1 saturated carbocycles. The molecule has 1 heterocycles. The van der Waals surface area contributed by atoms with Gasteiger partial charge in [-0.3, -0.25) is 0 Å². The molecule has 7 heteroatoms.